The minimum absolute atomic E-state index is 0.0371. The van der Waals surface area contributed by atoms with Gasteiger partial charge in [-0.25, -0.2) is 4.79 Å². The third kappa shape index (κ3) is 4.36. The van der Waals surface area contributed by atoms with Gasteiger partial charge in [0.1, 0.15) is 0 Å². The summed E-state index contributed by atoms with van der Waals surface area (Å²) in [7, 11) is 0. The summed E-state index contributed by atoms with van der Waals surface area (Å²) in [6.45, 7) is 9.39. The van der Waals surface area contributed by atoms with Crippen LogP contribution in [-0.4, -0.2) is 12.6 Å². The van der Waals surface area contributed by atoms with E-state index in [1.807, 2.05) is 11.3 Å². The number of carbonyl (C=O) groups excluding carboxylic acids is 1. The number of hydrogen-bond donors (Lipinski definition) is 2. The zero-order valence-corrected chi connectivity index (χ0v) is 19.9. The molecule has 1 aliphatic carbocycles. The highest BCUT2D eigenvalue weighted by molar-refractivity contribution is 7.17. The lowest BCUT2D eigenvalue weighted by atomic mass is 9.78. The van der Waals surface area contributed by atoms with Crippen molar-refractivity contribution >= 4 is 33.1 Å². The summed E-state index contributed by atoms with van der Waals surface area (Å²) < 4.78 is 1.33. The predicted molar refractivity (Wildman–Crippen MR) is 134 cm³/mol. The number of fused-ring (bicyclic) bond motifs is 1. The molecule has 3 aromatic rings. The first kappa shape index (κ1) is 21.9. The van der Waals surface area contributed by atoms with E-state index in [1.165, 1.54) is 39.6 Å². The quantitative estimate of drug-likeness (QED) is 0.408. The Balaban J connectivity index is 1.56. The minimum atomic E-state index is -0.0965. The fourth-order valence-electron chi connectivity index (χ4n) is 5.08. The molecule has 31 heavy (non-hydrogen) atoms. The number of hydrogen-bond acceptors (Lipinski definition) is 2. The van der Waals surface area contributed by atoms with E-state index in [0.717, 1.165) is 18.5 Å². The third-order valence-corrected chi connectivity index (χ3v) is 7.78. The molecule has 0 saturated heterocycles. The van der Waals surface area contributed by atoms with Gasteiger partial charge in [-0.15, -0.1) is 11.3 Å². The molecule has 0 atom stereocenters. The van der Waals surface area contributed by atoms with Crippen LogP contribution in [0.25, 0.3) is 10.1 Å². The van der Waals surface area contributed by atoms with Gasteiger partial charge in [0.15, 0.2) is 0 Å². The van der Waals surface area contributed by atoms with Gasteiger partial charge in [-0.05, 0) is 58.2 Å². The molecule has 1 aromatic heterocycles. The van der Waals surface area contributed by atoms with Gasteiger partial charge in [0.2, 0.25) is 0 Å². The second-order valence-electron chi connectivity index (χ2n) is 9.56. The average molecular weight is 435 g/mol. The number of benzene rings is 2. The second kappa shape index (κ2) is 9.04. The van der Waals surface area contributed by atoms with E-state index in [9.17, 15) is 4.79 Å². The Morgan fingerprint density at radius 2 is 1.61 bits per heavy atom. The maximum atomic E-state index is 13.1. The normalized spacial score (nSPS) is 15.7. The largest absolute Gasteiger partial charge is 0.337 e. The van der Waals surface area contributed by atoms with E-state index < -0.39 is 0 Å². The lowest BCUT2D eigenvalue weighted by Gasteiger charge is -2.30. The van der Waals surface area contributed by atoms with Crippen LogP contribution in [-0.2, 0) is 5.41 Å². The van der Waals surface area contributed by atoms with Crippen molar-refractivity contribution in [3.05, 3.63) is 64.5 Å². The monoisotopic (exact) mass is 434 g/mol. The average Bonchev–Trinajstić information content (AvgIpc) is 3.40. The molecule has 2 aromatic carbocycles. The van der Waals surface area contributed by atoms with Crippen molar-refractivity contribution in [3.8, 4) is 0 Å². The number of amides is 2. The van der Waals surface area contributed by atoms with Crippen molar-refractivity contribution in [1.29, 1.82) is 0 Å². The number of urea groups is 1. The van der Waals surface area contributed by atoms with Crippen molar-refractivity contribution in [2.24, 2.45) is 0 Å². The van der Waals surface area contributed by atoms with Gasteiger partial charge in [0.05, 0.1) is 0 Å². The van der Waals surface area contributed by atoms with E-state index in [2.05, 4.69) is 86.2 Å². The molecule has 0 spiro atoms. The summed E-state index contributed by atoms with van der Waals surface area (Å²) >= 11 is 1.82. The summed E-state index contributed by atoms with van der Waals surface area (Å²) in [5, 5.41) is 10.1. The van der Waals surface area contributed by atoms with Crippen LogP contribution >= 0.6 is 11.3 Å². The Bertz CT molecular complexity index is 1030. The molecule has 1 fully saturated rings. The molecular weight excluding hydrogens is 400 g/mol. The van der Waals surface area contributed by atoms with Gasteiger partial charge in [-0.1, -0.05) is 76.9 Å². The molecule has 4 rings (SSSR count). The molecule has 0 unspecified atom stereocenters. The van der Waals surface area contributed by atoms with Crippen LogP contribution in [0.2, 0.25) is 0 Å². The number of carbonyl (C=O) groups is 1. The van der Waals surface area contributed by atoms with Crippen molar-refractivity contribution in [2.45, 2.75) is 70.6 Å². The molecule has 164 valence electrons. The standard InChI is InChI=1S/C27H34N2OS/c1-18(2)20-11-9-12-21(19(3)4)25(20)29-26(30)28-17-27(14-7-8-15-27)23-16-31-24-13-6-5-10-22(23)24/h5-6,9-13,16,18-19H,7-8,14-15,17H2,1-4H3,(H2,28,29,30). The molecule has 0 bridgehead atoms. The number of para-hydroxylation sites is 1. The molecule has 0 aliphatic heterocycles. The molecule has 2 N–H and O–H groups in total. The van der Waals surface area contributed by atoms with E-state index in [0.29, 0.717) is 18.4 Å². The number of thiophene rings is 1. The molecule has 2 amide bonds. The fourth-order valence-corrected chi connectivity index (χ4v) is 6.17. The van der Waals surface area contributed by atoms with Crippen LogP contribution in [0, 0.1) is 0 Å². The molecule has 0 radical (unpaired) electrons. The topological polar surface area (TPSA) is 41.1 Å². The Morgan fingerprint density at radius 3 is 2.26 bits per heavy atom. The summed E-state index contributed by atoms with van der Waals surface area (Å²) in [4.78, 5) is 13.1. The molecular formula is C27H34N2OS. The van der Waals surface area contributed by atoms with E-state index in [4.69, 9.17) is 0 Å². The Kier molecular flexibility index (Phi) is 6.38. The van der Waals surface area contributed by atoms with Crippen molar-refractivity contribution in [2.75, 3.05) is 11.9 Å². The summed E-state index contributed by atoms with van der Waals surface area (Å²) in [5.41, 5.74) is 4.82. The van der Waals surface area contributed by atoms with Gasteiger partial charge in [-0.2, -0.15) is 0 Å². The fraction of sp³-hybridized carbons (Fsp3) is 0.444. The van der Waals surface area contributed by atoms with Crippen LogP contribution in [0.3, 0.4) is 0 Å². The highest BCUT2D eigenvalue weighted by Crippen LogP contribution is 2.45. The summed E-state index contributed by atoms with van der Waals surface area (Å²) in [6, 6.07) is 14.9. The summed E-state index contributed by atoms with van der Waals surface area (Å²) in [5.74, 6) is 0.708. The first-order chi connectivity index (χ1) is 14.9. The summed E-state index contributed by atoms with van der Waals surface area (Å²) in [6.07, 6.45) is 4.71. The minimum Gasteiger partial charge on any atom is -0.337 e. The van der Waals surface area contributed by atoms with Crippen LogP contribution in [0.5, 0.6) is 0 Å². The number of nitrogens with one attached hydrogen (secondary N) is 2. The van der Waals surface area contributed by atoms with E-state index in [-0.39, 0.29) is 11.4 Å². The van der Waals surface area contributed by atoms with E-state index >= 15 is 0 Å². The van der Waals surface area contributed by atoms with Crippen LogP contribution in [0.1, 0.15) is 81.9 Å². The lowest BCUT2D eigenvalue weighted by molar-refractivity contribution is 0.248. The van der Waals surface area contributed by atoms with Gasteiger partial charge in [0.25, 0.3) is 0 Å². The highest BCUT2D eigenvalue weighted by atomic mass is 32.1. The zero-order valence-electron chi connectivity index (χ0n) is 19.1. The van der Waals surface area contributed by atoms with Crippen LogP contribution < -0.4 is 10.6 Å². The first-order valence-electron chi connectivity index (χ1n) is 11.6. The first-order valence-corrected chi connectivity index (χ1v) is 12.4. The van der Waals surface area contributed by atoms with Crippen molar-refractivity contribution in [1.82, 2.24) is 5.32 Å². The highest BCUT2D eigenvalue weighted by Gasteiger charge is 2.37. The van der Waals surface area contributed by atoms with Gasteiger partial charge in [-0.3, -0.25) is 0 Å². The zero-order chi connectivity index (χ0) is 22.0. The maximum absolute atomic E-state index is 13.1. The maximum Gasteiger partial charge on any atom is 0.319 e. The van der Waals surface area contributed by atoms with Gasteiger partial charge >= 0.3 is 6.03 Å². The smallest absolute Gasteiger partial charge is 0.319 e. The van der Waals surface area contributed by atoms with Gasteiger partial charge in [0, 0.05) is 22.3 Å². The SMILES string of the molecule is CC(C)c1cccc(C(C)C)c1NC(=O)NCC1(c2csc3ccccc23)CCCC1. The molecule has 1 aliphatic rings. The number of anilines is 1. The van der Waals surface area contributed by atoms with Crippen LogP contribution in [0.4, 0.5) is 10.5 Å². The Morgan fingerprint density at radius 1 is 0.968 bits per heavy atom. The molecule has 1 heterocycles. The second-order valence-corrected chi connectivity index (χ2v) is 10.5. The number of rotatable bonds is 6. The lowest BCUT2D eigenvalue weighted by Crippen LogP contribution is -2.41. The molecule has 1 saturated carbocycles. The van der Waals surface area contributed by atoms with E-state index in [1.54, 1.807) is 0 Å². The molecule has 3 nitrogen and oxygen atoms in total. The third-order valence-electron chi connectivity index (χ3n) is 6.81. The van der Waals surface area contributed by atoms with Crippen molar-refractivity contribution < 1.29 is 4.79 Å². The van der Waals surface area contributed by atoms with Crippen molar-refractivity contribution in [3.63, 3.8) is 0 Å². The molecule has 4 heteroatoms. The van der Waals surface area contributed by atoms with Gasteiger partial charge < -0.3 is 10.6 Å². The van der Waals surface area contributed by atoms with Crippen LogP contribution in [0.15, 0.2) is 47.8 Å². The predicted octanol–water partition coefficient (Wildman–Crippen LogP) is 7.78. The Labute approximate surface area is 190 Å². The Hall–Kier alpha value is -2.33.